The zero-order valence-corrected chi connectivity index (χ0v) is 19.4. The lowest BCUT2D eigenvalue weighted by Gasteiger charge is -2.12. The van der Waals surface area contributed by atoms with Crippen molar-refractivity contribution in [3.05, 3.63) is 65.6 Å². The van der Waals surface area contributed by atoms with E-state index in [2.05, 4.69) is 0 Å². The highest BCUT2D eigenvalue weighted by atomic mass is 35.5. The first kappa shape index (κ1) is 20.0. The summed E-state index contributed by atoms with van der Waals surface area (Å²) in [6, 6.07) is 6.93. The SMILES string of the molecule is O=C(Oc1c2scc(Cl)c2c(OC(=O)c2cccs2)c2scc(Cl)c12)c1cccs1. The average Bonchev–Trinajstić information content (AvgIpc) is 3.51. The average molecular weight is 511 g/mol. The second-order valence-electron chi connectivity index (χ2n) is 5.97. The molecule has 10 heteroatoms. The largest absolute Gasteiger partial charge is 0.420 e. The van der Waals surface area contributed by atoms with Gasteiger partial charge >= 0.3 is 11.9 Å². The summed E-state index contributed by atoms with van der Waals surface area (Å²) in [5.74, 6) is -0.333. The molecule has 0 fully saturated rings. The Hall–Kier alpha value is -1.94. The molecule has 0 aliphatic rings. The van der Waals surface area contributed by atoms with Gasteiger partial charge in [0.15, 0.2) is 11.5 Å². The third-order valence-corrected chi connectivity index (χ3v) is 8.71. The molecule has 30 heavy (non-hydrogen) atoms. The van der Waals surface area contributed by atoms with Crippen molar-refractivity contribution >= 4 is 101 Å². The standard InChI is InChI=1S/C20H8Cl2O4S4/c21-9-7-30-18-13(9)15(25-19(23)11-3-1-5-27-11)17-14(10(22)8-29-17)16(18)26-20(24)12-4-2-6-28-12/h1-8H. The van der Waals surface area contributed by atoms with Gasteiger partial charge in [0.1, 0.15) is 9.75 Å². The van der Waals surface area contributed by atoms with Gasteiger partial charge in [0.05, 0.1) is 30.2 Å². The smallest absolute Gasteiger partial charge is 0.353 e. The number of fused-ring (bicyclic) bond motifs is 2. The molecule has 4 aromatic heterocycles. The highest BCUT2D eigenvalue weighted by Crippen LogP contribution is 2.53. The third kappa shape index (κ3) is 3.33. The lowest BCUT2D eigenvalue weighted by molar-refractivity contribution is 0.0732. The molecule has 0 spiro atoms. The van der Waals surface area contributed by atoms with E-state index in [1.165, 1.54) is 45.3 Å². The van der Waals surface area contributed by atoms with Gasteiger partial charge in [-0.2, -0.15) is 0 Å². The van der Waals surface area contributed by atoms with Crippen molar-refractivity contribution in [2.24, 2.45) is 0 Å². The van der Waals surface area contributed by atoms with Crippen molar-refractivity contribution in [2.45, 2.75) is 0 Å². The van der Waals surface area contributed by atoms with Crippen LogP contribution < -0.4 is 9.47 Å². The molecule has 4 nitrogen and oxygen atoms in total. The fourth-order valence-corrected chi connectivity index (χ4v) is 6.69. The molecule has 5 rings (SSSR count). The lowest BCUT2D eigenvalue weighted by atomic mass is 10.1. The number of rotatable bonds is 4. The minimum absolute atomic E-state index is 0.317. The van der Waals surface area contributed by atoms with Crippen molar-refractivity contribution in [1.82, 2.24) is 0 Å². The van der Waals surface area contributed by atoms with Crippen LogP contribution in [0.4, 0.5) is 0 Å². The molecule has 0 aliphatic carbocycles. The van der Waals surface area contributed by atoms with Crippen LogP contribution in [0.5, 0.6) is 11.5 Å². The summed E-state index contributed by atoms with van der Waals surface area (Å²) in [5.41, 5.74) is 0. The van der Waals surface area contributed by atoms with E-state index in [-0.39, 0.29) is 0 Å². The second-order valence-corrected chi connectivity index (χ2v) is 10.4. The maximum Gasteiger partial charge on any atom is 0.353 e. The molecule has 5 aromatic rings. The number of thiophene rings is 4. The topological polar surface area (TPSA) is 52.6 Å². The molecule has 1 aromatic carbocycles. The number of carbonyl (C=O) groups excluding carboxylic acids is 2. The first-order valence-electron chi connectivity index (χ1n) is 8.35. The summed E-state index contributed by atoms with van der Waals surface area (Å²) in [5, 5.41) is 8.89. The van der Waals surface area contributed by atoms with Crippen molar-refractivity contribution in [2.75, 3.05) is 0 Å². The molecule has 0 amide bonds. The van der Waals surface area contributed by atoms with Gasteiger partial charge in [0.2, 0.25) is 0 Å². The van der Waals surface area contributed by atoms with E-state index in [1.54, 1.807) is 45.8 Å². The molecule has 0 N–H and O–H groups in total. The van der Waals surface area contributed by atoms with Crippen LogP contribution in [0, 0.1) is 0 Å². The van der Waals surface area contributed by atoms with Crippen LogP contribution in [-0.4, -0.2) is 11.9 Å². The Bertz CT molecular complexity index is 1290. The fraction of sp³-hybridized carbons (Fsp3) is 0. The van der Waals surface area contributed by atoms with Crippen molar-refractivity contribution in [3.8, 4) is 11.5 Å². The molecule has 0 saturated heterocycles. The van der Waals surface area contributed by atoms with Crippen LogP contribution in [0.15, 0.2) is 45.8 Å². The summed E-state index contributed by atoms with van der Waals surface area (Å²) >= 11 is 18.1. The maximum atomic E-state index is 12.7. The number of hydrogen-bond acceptors (Lipinski definition) is 8. The van der Waals surface area contributed by atoms with E-state index >= 15 is 0 Å². The second kappa shape index (κ2) is 7.96. The Morgan fingerprint density at radius 2 is 1.13 bits per heavy atom. The normalized spacial score (nSPS) is 11.3. The molecular weight excluding hydrogens is 503 g/mol. The van der Waals surface area contributed by atoms with Gasteiger partial charge in [-0.15, -0.1) is 45.3 Å². The van der Waals surface area contributed by atoms with E-state index in [0.717, 1.165) is 0 Å². The molecule has 0 unspecified atom stereocenters. The Labute approximate surface area is 195 Å². The number of hydrogen-bond donors (Lipinski definition) is 0. The molecule has 0 aliphatic heterocycles. The molecule has 0 saturated carbocycles. The van der Waals surface area contributed by atoms with Crippen LogP contribution in [0.1, 0.15) is 19.3 Å². The van der Waals surface area contributed by atoms with Crippen LogP contribution >= 0.6 is 68.5 Å². The van der Waals surface area contributed by atoms with E-state index in [9.17, 15) is 9.59 Å². The number of carbonyl (C=O) groups is 2. The Morgan fingerprint density at radius 1 is 0.700 bits per heavy atom. The summed E-state index contributed by atoms with van der Waals surface area (Å²) in [4.78, 5) is 26.3. The minimum atomic E-state index is -0.484. The maximum absolute atomic E-state index is 12.7. The molecule has 0 atom stereocenters. The predicted octanol–water partition coefficient (Wildman–Crippen LogP) is 7.98. The highest BCUT2D eigenvalue weighted by molar-refractivity contribution is 7.20. The van der Waals surface area contributed by atoms with Gasteiger partial charge in [-0.25, -0.2) is 9.59 Å². The van der Waals surface area contributed by atoms with Gasteiger partial charge < -0.3 is 9.47 Å². The summed E-state index contributed by atoms with van der Waals surface area (Å²) in [6.07, 6.45) is 0. The minimum Gasteiger partial charge on any atom is -0.420 e. The summed E-state index contributed by atoms with van der Waals surface area (Å²) in [7, 11) is 0. The lowest BCUT2D eigenvalue weighted by Crippen LogP contribution is -2.09. The fourth-order valence-electron chi connectivity index (χ4n) is 2.93. The first-order valence-corrected chi connectivity index (χ1v) is 12.6. The van der Waals surface area contributed by atoms with Gasteiger partial charge in [-0.3, -0.25) is 0 Å². The zero-order valence-electron chi connectivity index (χ0n) is 14.6. The molecule has 4 heterocycles. The predicted molar refractivity (Wildman–Crippen MR) is 126 cm³/mol. The first-order chi connectivity index (χ1) is 14.5. The van der Waals surface area contributed by atoms with Crippen LogP contribution in [0.2, 0.25) is 10.0 Å². The quantitative estimate of drug-likeness (QED) is 0.181. The molecule has 0 bridgehead atoms. The van der Waals surface area contributed by atoms with Crippen LogP contribution in [0.3, 0.4) is 0 Å². The van der Waals surface area contributed by atoms with Crippen molar-refractivity contribution < 1.29 is 19.1 Å². The number of benzene rings is 1. The Kier molecular flexibility index (Phi) is 5.30. The van der Waals surface area contributed by atoms with Gasteiger partial charge in [0, 0.05) is 10.8 Å². The van der Waals surface area contributed by atoms with Crippen molar-refractivity contribution in [1.29, 1.82) is 0 Å². The van der Waals surface area contributed by atoms with E-state index in [1.807, 2.05) is 0 Å². The third-order valence-electron chi connectivity index (χ3n) is 4.19. The van der Waals surface area contributed by atoms with Crippen LogP contribution in [0.25, 0.3) is 20.2 Å². The van der Waals surface area contributed by atoms with E-state index < -0.39 is 11.9 Å². The summed E-state index contributed by atoms with van der Waals surface area (Å²) in [6.45, 7) is 0. The number of ether oxygens (including phenoxy) is 2. The van der Waals surface area contributed by atoms with Crippen LogP contribution in [-0.2, 0) is 0 Å². The van der Waals surface area contributed by atoms with E-state index in [0.29, 0.717) is 51.5 Å². The zero-order chi connectivity index (χ0) is 20.8. The van der Waals surface area contributed by atoms with Gasteiger partial charge in [-0.05, 0) is 22.9 Å². The highest BCUT2D eigenvalue weighted by Gasteiger charge is 2.27. The Balaban J connectivity index is 1.71. The van der Waals surface area contributed by atoms with Gasteiger partial charge in [0.25, 0.3) is 0 Å². The molecule has 150 valence electrons. The van der Waals surface area contributed by atoms with Crippen molar-refractivity contribution in [3.63, 3.8) is 0 Å². The van der Waals surface area contributed by atoms with Gasteiger partial charge in [-0.1, -0.05) is 35.3 Å². The van der Waals surface area contributed by atoms with E-state index in [4.69, 9.17) is 32.7 Å². The number of halogens is 2. The monoisotopic (exact) mass is 510 g/mol. The molecule has 0 radical (unpaired) electrons. The Morgan fingerprint density at radius 3 is 1.50 bits per heavy atom. The molecular formula is C20H8Cl2O4S4. The summed E-state index contributed by atoms with van der Waals surface area (Å²) < 4.78 is 12.7. The number of esters is 2.